The molecule has 2 heterocycles. The highest BCUT2D eigenvalue weighted by Gasteiger charge is 2.21. The van der Waals surface area contributed by atoms with E-state index < -0.39 is 0 Å². The molecule has 0 spiro atoms. The van der Waals surface area contributed by atoms with Gasteiger partial charge in [-0.2, -0.15) is 0 Å². The second kappa shape index (κ2) is 7.63. The first-order valence-electron chi connectivity index (χ1n) is 12.2. The van der Waals surface area contributed by atoms with E-state index in [0.717, 1.165) is 43.8 Å². The van der Waals surface area contributed by atoms with E-state index in [-0.39, 0.29) is 0 Å². The maximum atomic E-state index is 9.46. The van der Waals surface area contributed by atoms with Crippen LogP contribution < -0.4 is 4.65 Å². The molecule has 4 nitrogen and oxygen atoms in total. The van der Waals surface area contributed by atoms with Crippen LogP contribution in [0.1, 0.15) is 0 Å². The van der Waals surface area contributed by atoms with E-state index in [4.69, 9.17) is 9.07 Å². The lowest BCUT2D eigenvalue weighted by molar-refractivity contribution is 0.451. The zero-order chi connectivity index (χ0) is 24.5. The van der Waals surface area contributed by atoms with Crippen molar-refractivity contribution in [1.29, 1.82) is 0 Å². The fourth-order valence-corrected chi connectivity index (χ4v) is 5.84. The summed E-state index contributed by atoms with van der Waals surface area (Å²) in [5.41, 5.74) is 4.58. The van der Waals surface area contributed by atoms with Crippen LogP contribution in [0.25, 0.3) is 71.0 Å². The van der Waals surface area contributed by atoms with Gasteiger partial charge in [0.1, 0.15) is 5.75 Å². The zero-order valence-corrected chi connectivity index (χ0v) is 19.7. The average molecular weight is 476 g/mol. The van der Waals surface area contributed by atoms with E-state index >= 15 is 0 Å². The summed E-state index contributed by atoms with van der Waals surface area (Å²) in [4.78, 5) is 0. The molecule has 0 saturated carbocycles. The summed E-state index contributed by atoms with van der Waals surface area (Å²) in [6.07, 6.45) is 0. The Morgan fingerprint density at radius 3 is 2.14 bits per heavy atom. The second-order valence-corrected chi connectivity index (χ2v) is 9.35. The minimum atomic E-state index is 0.478. The molecule has 0 amide bonds. The predicted molar refractivity (Wildman–Crippen MR) is 152 cm³/mol. The highest BCUT2D eigenvalue weighted by atomic mass is 16.5. The minimum Gasteiger partial charge on any atom is -0.535 e. The molecule has 1 radical (unpaired) electrons. The number of hydrogen-bond acceptors (Lipinski definition) is 3. The Kier molecular flexibility index (Phi) is 4.22. The van der Waals surface area contributed by atoms with Crippen molar-refractivity contribution >= 4 is 73.0 Å². The van der Waals surface area contributed by atoms with Gasteiger partial charge < -0.3 is 18.7 Å². The Morgan fingerprint density at radius 1 is 0.595 bits per heavy atom. The lowest BCUT2D eigenvalue weighted by atomic mass is 10.0. The third-order valence-electron chi connectivity index (χ3n) is 7.40. The summed E-state index contributed by atoms with van der Waals surface area (Å²) in [7, 11) is 0.704. The number of aromatic nitrogens is 1. The highest BCUT2D eigenvalue weighted by molar-refractivity contribution is 6.24. The fourth-order valence-electron chi connectivity index (χ4n) is 5.84. The van der Waals surface area contributed by atoms with Crippen LogP contribution in [0.15, 0.2) is 114 Å². The molecule has 8 rings (SSSR count). The van der Waals surface area contributed by atoms with E-state index in [0.29, 0.717) is 19.0 Å². The Bertz CT molecular complexity index is 2170. The van der Waals surface area contributed by atoms with Gasteiger partial charge in [0.15, 0.2) is 11.2 Å². The van der Waals surface area contributed by atoms with Gasteiger partial charge in [0, 0.05) is 21.5 Å². The third kappa shape index (κ3) is 2.83. The van der Waals surface area contributed by atoms with Gasteiger partial charge in [-0.1, -0.05) is 78.9 Å². The molecule has 0 aliphatic carbocycles. The van der Waals surface area contributed by atoms with Crippen molar-refractivity contribution in [2.24, 2.45) is 0 Å². The van der Waals surface area contributed by atoms with Crippen LogP contribution in [-0.2, 0) is 0 Å². The highest BCUT2D eigenvalue weighted by Crippen LogP contribution is 2.43. The molecule has 2 aromatic heterocycles. The summed E-state index contributed by atoms with van der Waals surface area (Å²) in [6.45, 7) is 0. The molecule has 5 heteroatoms. The van der Waals surface area contributed by atoms with E-state index in [1.807, 2.05) is 24.3 Å². The molecule has 0 unspecified atom stereocenters. The van der Waals surface area contributed by atoms with E-state index in [2.05, 4.69) is 89.5 Å². The second-order valence-electron chi connectivity index (χ2n) is 9.35. The van der Waals surface area contributed by atoms with E-state index in [1.54, 1.807) is 0 Å². The number of rotatable bonds is 3. The molecule has 0 fully saturated rings. The van der Waals surface area contributed by atoms with E-state index in [1.165, 1.54) is 21.5 Å². The monoisotopic (exact) mass is 476 g/mol. The third-order valence-corrected chi connectivity index (χ3v) is 7.40. The van der Waals surface area contributed by atoms with E-state index in [9.17, 15) is 5.02 Å². The topological polar surface area (TPSA) is 47.5 Å². The maximum absolute atomic E-state index is 9.46. The van der Waals surface area contributed by atoms with Gasteiger partial charge in [-0.3, -0.25) is 0 Å². The molecule has 0 saturated heterocycles. The van der Waals surface area contributed by atoms with Crippen molar-refractivity contribution in [3.05, 3.63) is 109 Å². The van der Waals surface area contributed by atoms with Crippen LogP contribution in [0.5, 0.6) is 5.75 Å². The van der Waals surface area contributed by atoms with Crippen molar-refractivity contribution in [3.63, 3.8) is 0 Å². The van der Waals surface area contributed by atoms with Crippen molar-refractivity contribution in [2.45, 2.75) is 0 Å². The van der Waals surface area contributed by atoms with Crippen LogP contribution in [0.2, 0.25) is 0 Å². The summed E-state index contributed by atoms with van der Waals surface area (Å²) >= 11 is 0. The van der Waals surface area contributed by atoms with Gasteiger partial charge >= 0.3 is 7.69 Å². The summed E-state index contributed by atoms with van der Waals surface area (Å²) < 4.78 is 14.4. The summed E-state index contributed by atoms with van der Waals surface area (Å²) in [6, 6.07) is 37.8. The van der Waals surface area contributed by atoms with Crippen LogP contribution in [-0.4, -0.2) is 17.3 Å². The smallest absolute Gasteiger partial charge is 0.535 e. The standard InChI is InChI=1S/C32H19BNO3/c35-33-37-29-18-21-10-3-4-11-22(21)30-24-13-7-15-27(31(24)36-32(29)30)34-26-14-6-5-12-23(26)25-16-19-8-1-2-9-20(19)17-28(25)34/h1-18,35H. The van der Waals surface area contributed by atoms with Gasteiger partial charge in [0.25, 0.3) is 0 Å². The minimum absolute atomic E-state index is 0.478. The predicted octanol–water partition coefficient (Wildman–Crippen LogP) is 7.89. The molecule has 6 aromatic carbocycles. The normalized spacial score (nSPS) is 11.9. The van der Waals surface area contributed by atoms with Crippen LogP contribution in [0, 0.1) is 0 Å². The number of nitrogens with zero attached hydrogens (tertiary/aromatic N) is 1. The summed E-state index contributed by atoms with van der Waals surface area (Å²) in [5, 5.41) is 18.3. The van der Waals surface area contributed by atoms with Crippen LogP contribution in [0.4, 0.5) is 0 Å². The quantitative estimate of drug-likeness (QED) is 0.264. The van der Waals surface area contributed by atoms with Crippen LogP contribution >= 0.6 is 0 Å². The summed E-state index contributed by atoms with van der Waals surface area (Å²) in [5.74, 6) is 0.478. The number of furan rings is 1. The van der Waals surface area contributed by atoms with Gasteiger partial charge in [-0.05, 0) is 51.9 Å². The first kappa shape index (κ1) is 20.5. The van der Waals surface area contributed by atoms with Crippen LogP contribution in [0.3, 0.4) is 0 Å². The largest absolute Gasteiger partial charge is 0.569 e. The Balaban J connectivity index is 1.55. The number of fused-ring (bicyclic) bond motifs is 9. The van der Waals surface area contributed by atoms with Crippen molar-refractivity contribution < 1.29 is 14.1 Å². The molecular weight excluding hydrogens is 457 g/mol. The SMILES string of the molecule is O[B]Oc1cc2ccccc2c2c1oc1c(-n3c4ccccc4c4cc5ccccc5cc43)cccc12. The first-order chi connectivity index (χ1) is 18.3. The zero-order valence-electron chi connectivity index (χ0n) is 19.7. The molecule has 0 bridgehead atoms. The van der Waals surface area contributed by atoms with Gasteiger partial charge in [-0.25, -0.2) is 0 Å². The lowest BCUT2D eigenvalue weighted by Crippen LogP contribution is -1.99. The Morgan fingerprint density at radius 2 is 1.30 bits per heavy atom. The number of benzene rings is 6. The fraction of sp³-hybridized carbons (Fsp3) is 0. The molecule has 1 N–H and O–H groups in total. The first-order valence-corrected chi connectivity index (χ1v) is 12.2. The number of hydrogen-bond donors (Lipinski definition) is 1. The Labute approximate surface area is 212 Å². The molecule has 37 heavy (non-hydrogen) atoms. The van der Waals surface area contributed by atoms with Gasteiger partial charge in [-0.15, -0.1) is 0 Å². The van der Waals surface area contributed by atoms with Crippen molar-refractivity contribution in [1.82, 2.24) is 4.57 Å². The molecular formula is C32H19BNO3. The lowest BCUT2D eigenvalue weighted by Gasteiger charge is -2.09. The molecule has 173 valence electrons. The molecule has 0 atom stereocenters. The molecule has 8 aromatic rings. The average Bonchev–Trinajstić information content (AvgIpc) is 3.49. The maximum Gasteiger partial charge on any atom is 0.569 e. The Hall–Kier alpha value is -4.74. The van der Waals surface area contributed by atoms with Crippen molar-refractivity contribution in [2.75, 3.05) is 0 Å². The number of para-hydroxylation sites is 2. The molecule has 0 aliphatic rings. The van der Waals surface area contributed by atoms with Gasteiger partial charge in [0.2, 0.25) is 0 Å². The van der Waals surface area contributed by atoms with Crippen molar-refractivity contribution in [3.8, 4) is 11.4 Å². The molecule has 0 aliphatic heterocycles. The van der Waals surface area contributed by atoms with Gasteiger partial charge in [0.05, 0.1) is 16.7 Å².